The predicted octanol–water partition coefficient (Wildman–Crippen LogP) is 5.80. The molecule has 0 spiro atoms. The van der Waals surface area contributed by atoms with Crippen LogP contribution in [0.4, 0.5) is 5.69 Å². The maximum absolute atomic E-state index is 12.8. The zero-order valence-corrected chi connectivity index (χ0v) is 16.3. The van der Waals surface area contributed by atoms with Crippen LogP contribution in [-0.4, -0.2) is 23.0 Å². The summed E-state index contributed by atoms with van der Waals surface area (Å²) in [6.45, 7) is 0. The Morgan fingerprint density at radius 2 is 1.89 bits per heavy atom. The fourth-order valence-electron chi connectivity index (χ4n) is 2.97. The Bertz CT molecular complexity index is 1150. The van der Waals surface area contributed by atoms with Gasteiger partial charge in [-0.2, -0.15) is 0 Å². The zero-order chi connectivity index (χ0) is 19.7. The number of carbonyl (C=O) groups excluding carboxylic acids is 1. The number of hydrogen-bond acceptors (Lipinski definition) is 3. The van der Waals surface area contributed by atoms with Gasteiger partial charge >= 0.3 is 0 Å². The summed E-state index contributed by atoms with van der Waals surface area (Å²) >= 11 is 12.2. The number of aromatic nitrogens is 2. The number of methoxy groups -OCH3 is 1. The van der Waals surface area contributed by atoms with E-state index in [0.717, 1.165) is 22.4 Å². The molecule has 0 aliphatic carbocycles. The van der Waals surface area contributed by atoms with Crippen LogP contribution in [0.1, 0.15) is 10.4 Å². The molecule has 1 heterocycles. The molecule has 2 N–H and O–H groups in total. The summed E-state index contributed by atoms with van der Waals surface area (Å²) < 4.78 is 5.25. The molecule has 7 heteroatoms. The number of H-pyrrole nitrogens is 1. The van der Waals surface area contributed by atoms with Crippen LogP contribution in [0, 0.1) is 0 Å². The number of imidazole rings is 1. The first-order valence-corrected chi connectivity index (χ1v) is 9.20. The lowest BCUT2D eigenvalue weighted by molar-refractivity contribution is 0.102. The maximum atomic E-state index is 12.8. The van der Waals surface area contributed by atoms with E-state index in [4.69, 9.17) is 27.9 Å². The molecule has 0 aliphatic rings. The highest BCUT2D eigenvalue weighted by molar-refractivity contribution is 6.36. The van der Waals surface area contributed by atoms with Gasteiger partial charge in [0.25, 0.3) is 5.91 Å². The normalized spacial score (nSPS) is 10.8. The van der Waals surface area contributed by atoms with Gasteiger partial charge < -0.3 is 15.0 Å². The third-order valence-electron chi connectivity index (χ3n) is 4.24. The molecule has 1 aromatic heterocycles. The van der Waals surface area contributed by atoms with Gasteiger partial charge in [-0.3, -0.25) is 4.79 Å². The number of anilines is 1. The molecule has 5 nitrogen and oxygen atoms in total. The molecule has 1 amide bonds. The van der Waals surface area contributed by atoms with E-state index in [9.17, 15) is 4.79 Å². The van der Waals surface area contributed by atoms with Crippen LogP contribution in [0.25, 0.3) is 22.4 Å². The van der Waals surface area contributed by atoms with Crippen molar-refractivity contribution in [1.29, 1.82) is 0 Å². The minimum atomic E-state index is -0.372. The first-order chi connectivity index (χ1) is 13.5. The number of para-hydroxylation sites is 2. The lowest BCUT2D eigenvalue weighted by Gasteiger charge is -2.12. The van der Waals surface area contributed by atoms with Gasteiger partial charge in [0.1, 0.15) is 11.6 Å². The molecule has 0 fully saturated rings. The van der Waals surface area contributed by atoms with Gasteiger partial charge in [0.15, 0.2) is 0 Å². The Labute approximate surface area is 171 Å². The quantitative estimate of drug-likeness (QED) is 0.445. The Morgan fingerprint density at radius 3 is 2.68 bits per heavy atom. The summed E-state index contributed by atoms with van der Waals surface area (Å²) in [6.07, 6.45) is 0. The van der Waals surface area contributed by atoms with Gasteiger partial charge in [0.05, 0.1) is 28.7 Å². The molecule has 140 valence electrons. The van der Waals surface area contributed by atoms with E-state index < -0.39 is 0 Å². The van der Waals surface area contributed by atoms with E-state index in [1.807, 2.05) is 42.5 Å². The Hall–Kier alpha value is -3.02. The molecule has 28 heavy (non-hydrogen) atoms. The molecule has 0 unspecified atom stereocenters. The molecule has 0 aliphatic heterocycles. The smallest absolute Gasteiger partial charge is 0.259 e. The van der Waals surface area contributed by atoms with Crippen LogP contribution in [0.5, 0.6) is 5.75 Å². The monoisotopic (exact) mass is 411 g/mol. The van der Waals surface area contributed by atoms with Crippen molar-refractivity contribution in [3.63, 3.8) is 0 Å². The third kappa shape index (κ3) is 3.54. The number of rotatable bonds is 4. The second-order valence-electron chi connectivity index (χ2n) is 6.11. The molecular weight excluding hydrogens is 397 g/mol. The van der Waals surface area contributed by atoms with E-state index in [2.05, 4.69) is 15.3 Å². The highest BCUT2D eigenvalue weighted by Gasteiger charge is 2.17. The highest BCUT2D eigenvalue weighted by atomic mass is 35.5. The van der Waals surface area contributed by atoms with E-state index in [1.54, 1.807) is 6.07 Å². The van der Waals surface area contributed by atoms with Gasteiger partial charge in [0.2, 0.25) is 0 Å². The van der Waals surface area contributed by atoms with Crippen LogP contribution in [0.3, 0.4) is 0 Å². The van der Waals surface area contributed by atoms with Crippen LogP contribution in [-0.2, 0) is 0 Å². The average molecular weight is 412 g/mol. The van der Waals surface area contributed by atoms with Gasteiger partial charge in [-0.05, 0) is 36.4 Å². The summed E-state index contributed by atoms with van der Waals surface area (Å²) in [5.74, 6) is 0.626. The molecule has 3 aromatic carbocycles. The number of carbonyl (C=O) groups is 1. The van der Waals surface area contributed by atoms with Crippen molar-refractivity contribution in [2.24, 2.45) is 0 Å². The van der Waals surface area contributed by atoms with Gasteiger partial charge in [-0.15, -0.1) is 0 Å². The molecule has 0 bridgehead atoms. The summed E-state index contributed by atoms with van der Waals surface area (Å²) in [5.41, 5.74) is 3.55. The molecule has 0 radical (unpaired) electrons. The Balaban J connectivity index is 1.64. The Kier molecular flexibility index (Phi) is 4.94. The van der Waals surface area contributed by atoms with Crippen molar-refractivity contribution >= 4 is 45.8 Å². The molecular formula is C21H15Cl2N3O2. The van der Waals surface area contributed by atoms with Crippen molar-refractivity contribution in [3.05, 3.63) is 76.3 Å². The number of nitrogens with zero attached hydrogens (tertiary/aromatic N) is 1. The third-order valence-corrected chi connectivity index (χ3v) is 4.74. The summed E-state index contributed by atoms with van der Waals surface area (Å²) in [5, 5.41) is 3.48. The van der Waals surface area contributed by atoms with Crippen molar-refractivity contribution in [1.82, 2.24) is 9.97 Å². The lowest BCUT2D eigenvalue weighted by Crippen LogP contribution is -2.13. The van der Waals surface area contributed by atoms with E-state index in [0.29, 0.717) is 10.7 Å². The zero-order valence-electron chi connectivity index (χ0n) is 14.8. The van der Waals surface area contributed by atoms with Crippen LogP contribution in [0.2, 0.25) is 10.0 Å². The SMILES string of the molecule is COc1c(Cl)cc(Cl)cc1C(=O)Nc1cccc(-c2nc3ccccc3[nH]2)c1. The lowest BCUT2D eigenvalue weighted by atomic mass is 10.1. The minimum Gasteiger partial charge on any atom is -0.494 e. The second-order valence-corrected chi connectivity index (χ2v) is 6.95. The minimum absolute atomic E-state index is 0.258. The standard InChI is InChI=1S/C21H15Cl2N3O2/c1-28-19-15(10-13(22)11-16(19)23)21(27)24-14-6-4-5-12(9-14)20-25-17-7-2-3-8-18(17)26-20/h2-11H,1H3,(H,24,27)(H,25,26). The van der Waals surface area contributed by atoms with Crippen molar-refractivity contribution in [3.8, 4) is 17.1 Å². The number of ether oxygens (including phenoxy) is 1. The van der Waals surface area contributed by atoms with Crippen LogP contribution < -0.4 is 10.1 Å². The van der Waals surface area contributed by atoms with Gasteiger partial charge in [-0.1, -0.05) is 47.5 Å². The van der Waals surface area contributed by atoms with Crippen LogP contribution >= 0.6 is 23.2 Å². The number of amides is 1. The van der Waals surface area contributed by atoms with Crippen molar-refractivity contribution in [2.75, 3.05) is 12.4 Å². The van der Waals surface area contributed by atoms with Crippen LogP contribution in [0.15, 0.2) is 60.7 Å². The fourth-order valence-corrected chi connectivity index (χ4v) is 3.54. The second kappa shape index (κ2) is 7.54. The molecule has 0 saturated heterocycles. The van der Waals surface area contributed by atoms with E-state index >= 15 is 0 Å². The number of nitrogens with one attached hydrogen (secondary N) is 2. The fraction of sp³-hybridized carbons (Fsp3) is 0.0476. The first-order valence-electron chi connectivity index (χ1n) is 8.45. The van der Waals surface area contributed by atoms with E-state index in [1.165, 1.54) is 19.2 Å². The van der Waals surface area contributed by atoms with E-state index in [-0.39, 0.29) is 22.2 Å². The Morgan fingerprint density at radius 1 is 1.07 bits per heavy atom. The number of benzene rings is 3. The topological polar surface area (TPSA) is 67.0 Å². The summed E-state index contributed by atoms with van der Waals surface area (Å²) in [4.78, 5) is 20.6. The highest BCUT2D eigenvalue weighted by Crippen LogP contribution is 2.33. The average Bonchev–Trinajstić information content (AvgIpc) is 3.12. The first kappa shape index (κ1) is 18.3. The maximum Gasteiger partial charge on any atom is 0.259 e. The number of aromatic amines is 1. The summed E-state index contributed by atoms with van der Waals surface area (Å²) in [6, 6.07) is 18.2. The number of hydrogen-bond donors (Lipinski definition) is 2. The predicted molar refractivity (Wildman–Crippen MR) is 112 cm³/mol. The summed E-state index contributed by atoms with van der Waals surface area (Å²) in [7, 11) is 1.45. The molecule has 4 rings (SSSR count). The molecule has 0 atom stereocenters. The van der Waals surface area contributed by atoms with Gasteiger partial charge in [-0.25, -0.2) is 4.98 Å². The molecule has 0 saturated carbocycles. The van der Waals surface area contributed by atoms with Gasteiger partial charge in [0, 0.05) is 16.3 Å². The number of halogens is 2. The van der Waals surface area contributed by atoms with Crippen molar-refractivity contribution < 1.29 is 9.53 Å². The molecule has 4 aromatic rings. The number of fused-ring (bicyclic) bond motifs is 1. The van der Waals surface area contributed by atoms with Crippen molar-refractivity contribution in [2.45, 2.75) is 0 Å². The largest absolute Gasteiger partial charge is 0.494 e.